The van der Waals surface area contributed by atoms with Crippen LogP contribution in [0.2, 0.25) is 5.02 Å². The monoisotopic (exact) mass is 449 g/mol. The van der Waals surface area contributed by atoms with Crippen molar-refractivity contribution in [2.75, 3.05) is 23.3 Å². The van der Waals surface area contributed by atoms with E-state index in [4.69, 9.17) is 11.6 Å². The van der Waals surface area contributed by atoms with E-state index in [1.54, 1.807) is 12.4 Å². The summed E-state index contributed by atoms with van der Waals surface area (Å²) >= 11 is 7.49. The molecule has 1 atom stereocenters. The van der Waals surface area contributed by atoms with Gasteiger partial charge in [-0.25, -0.2) is 15.0 Å². The van der Waals surface area contributed by atoms with E-state index >= 15 is 0 Å². The Bertz CT molecular complexity index is 1230. The third-order valence-corrected chi connectivity index (χ3v) is 6.59. The van der Waals surface area contributed by atoms with Crippen molar-refractivity contribution in [3.63, 3.8) is 0 Å². The van der Waals surface area contributed by atoms with Gasteiger partial charge in [-0.15, -0.1) is 0 Å². The molecule has 0 radical (unpaired) electrons. The summed E-state index contributed by atoms with van der Waals surface area (Å²) in [5.74, 6) is 0.715. The van der Waals surface area contributed by atoms with Crippen molar-refractivity contribution in [1.29, 1.82) is 0 Å². The van der Waals surface area contributed by atoms with Crippen molar-refractivity contribution >= 4 is 50.0 Å². The molecule has 3 heterocycles. The largest absolute Gasteiger partial charge is 0.356 e. The van der Waals surface area contributed by atoms with Crippen LogP contribution in [0.5, 0.6) is 0 Å². The van der Waals surface area contributed by atoms with Crippen LogP contribution in [0.25, 0.3) is 21.5 Å². The van der Waals surface area contributed by atoms with Crippen LogP contribution in [0.4, 0.5) is 10.9 Å². The summed E-state index contributed by atoms with van der Waals surface area (Å²) in [5, 5.41) is 4.26. The van der Waals surface area contributed by atoms with E-state index in [0.717, 1.165) is 46.7 Å². The summed E-state index contributed by atoms with van der Waals surface area (Å²) < 4.78 is 0.961. The highest BCUT2D eigenvalue weighted by Gasteiger charge is 2.27. The second-order valence-corrected chi connectivity index (χ2v) is 9.00. The van der Waals surface area contributed by atoms with Gasteiger partial charge in [0.15, 0.2) is 5.13 Å². The van der Waals surface area contributed by atoms with Crippen LogP contribution in [-0.2, 0) is 4.79 Å². The van der Waals surface area contributed by atoms with Gasteiger partial charge in [0.25, 0.3) is 0 Å². The molecule has 1 unspecified atom stereocenters. The number of anilines is 2. The SMILES string of the molecule is O=C(Nc1nc2ccc(Cl)cc2s1)C1CCCN(c2cc(-c3ccccc3)ncn2)C1. The van der Waals surface area contributed by atoms with Crippen LogP contribution in [0.15, 0.2) is 60.9 Å². The molecule has 1 fully saturated rings. The minimum atomic E-state index is -0.125. The number of carbonyl (C=O) groups is 1. The third kappa shape index (κ3) is 4.38. The lowest BCUT2D eigenvalue weighted by atomic mass is 9.97. The lowest BCUT2D eigenvalue weighted by Gasteiger charge is -2.32. The average Bonchev–Trinajstić information content (AvgIpc) is 3.21. The van der Waals surface area contributed by atoms with Crippen LogP contribution in [-0.4, -0.2) is 33.9 Å². The molecule has 1 saturated heterocycles. The number of piperidine rings is 1. The van der Waals surface area contributed by atoms with Crippen molar-refractivity contribution < 1.29 is 4.79 Å². The Hall–Kier alpha value is -3.03. The summed E-state index contributed by atoms with van der Waals surface area (Å²) in [5.41, 5.74) is 2.77. The van der Waals surface area contributed by atoms with E-state index in [1.165, 1.54) is 11.3 Å². The molecule has 5 rings (SSSR count). The van der Waals surface area contributed by atoms with Gasteiger partial charge in [-0.1, -0.05) is 53.3 Å². The van der Waals surface area contributed by atoms with E-state index in [1.807, 2.05) is 48.5 Å². The predicted octanol–water partition coefficient (Wildman–Crippen LogP) is 5.26. The van der Waals surface area contributed by atoms with Gasteiger partial charge in [0.2, 0.25) is 5.91 Å². The molecule has 0 spiro atoms. The highest BCUT2D eigenvalue weighted by molar-refractivity contribution is 7.22. The smallest absolute Gasteiger partial charge is 0.231 e. The van der Waals surface area contributed by atoms with Crippen molar-refractivity contribution in [1.82, 2.24) is 15.0 Å². The number of nitrogens with one attached hydrogen (secondary N) is 1. The van der Waals surface area contributed by atoms with Crippen molar-refractivity contribution in [3.8, 4) is 11.3 Å². The summed E-state index contributed by atoms with van der Waals surface area (Å²) in [7, 11) is 0. The minimum Gasteiger partial charge on any atom is -0.356 e. The van der Waals surface area contributed by atoms with Gasteiger partial charge >= 0.3 is 0 Å². The number of carbonyl (C=O) groups excluding carboxylic acids is 1. The molecule has 0 bridgehead atoms. The first-order chi connectivity index (χ1) is 15.2. The number of thiazole rings is 1. The summed E-state index contributed by atoms with van der Waals surface area (Å²) in [6.45, 7) is 1.49. The zero-order valence-electron chi connectivity index (χ0n) is 16.7. The predicted molar refractivity (Wildman–Crippen MR) is 126 cm³/mol. The fourth-order valence-corrected chi connectivity index (χ4v) is 4.99. The maximum Gasteiger partial charge on any atom is 0.231 e. The first-order valence-corrected chi connectivity index (χ1v) is 11.3. The number of benzene rings is 2. The molecule has 31 heavy (non-hydrogen) atoms. The van der Waals surface area contributed by atoms with Gasteiger partial charge in [0.05, 0.1) is 21.8 Å². The molecule has 1 aliphatic rings. The molecular weight excluding hydrogens is 430 g/mol. The zero-order valence-corrected chi connectivity index (χ0v) is 18.2. The van der Waals surface area contributed by atoms with Crippen LogP contribution in [0.3, 0.4) is 0 Å². The first kappa shape index (κ1) is 19.9. The Balaban J connectivity index is 1.30. The van der Waals surface area contributed by atoms with Crippen LogP contribution >= 0.6 is 22.9 Å². The molecule has 2 aromatic carbocycles. The van der Waals surface area contributed by atoms with Gasteiger partial charge < -0.3 is 10.2 Å². The Kier molecular flexibility index (Phi) is 5.53. The number of rotatable bonds is 4. The highest BCUT2D eigenvalue weighted by atomic mass is 35.5. The van der Waals surface area contributed by atoms with Gasteiger partial charge in [-0.3, -0.25) is 4.79 Å². The fourth-order valence-electron chi connectivity index (χ4n) is 3.85. The Morgan fingerprint density at radius 3 is 2.87 bits per heavy atom. The highest BCUT2D eigenvalue weighted by Crippen LogP contribution is 2.30. The van der Waals surface area contributed by atoms with E-state index < -0.39 is 0 Å². The maximum atomic E-state index is 12.9. The lowest BCUT2D eigenvalue weighted by molar-refractivity contribution is -0.120. The molecule has 1 N–H and O–H groups in total. The summed E-state index contributed by atoms with van der Waals surface area (Å²) in [6, 6.07) is 17.6. The number of hydrogen-bond donors (Lipinski definition) is 1. The van der Waals surface area contributed by atoms with Crippen molar-refractivity contribution in [3.05, 3.63) is 65.9 Å². The van der Waals surface area contributed by atoms with E-state index in [9.17, 15) is 4.79 Å². The number of fused-ring (bicyclic) bond motifs is 1. The van der Waals surface area contributed by atoms with E-state index in [-0.39, 0.29) is 11.8 Å². The minimum absolute atomic E-state index is 0.00723. The maximum absolute atomic E-state index is 12.9. The van der Waals surface area contributed by atoms with E-state index in [0.29, 0.717) is 16.7 Å². The van der Waals surface area contributed by atoms with Gasteiger partial charge in [0, 0.05) is 29.7 Å². The standard InChI is InChI=1S/C23H20ClN5OS/c24-17-8-9-18-20(11-17)31-23(27-18)28-22(30)16-7-4-10-29(13-16)21-12-19(25-14-26-21)15-5-2-1-3-6-15/h1-3,5-6,8-9,11-12,14,16H,4,7,10,13H2,(H,27,28,30). The number of amides is 1. The van der Waals surface area contributed by atoms with Gasteiger partial charge in [-0.05, 0) is 31.0 Å². The van der Waals surface area contributed by atoms with Crippen LogP contribution in [0, 0.1) is 5.92 Å². The van der Waals surface area contributed by atoms with Gasteiger partial charge in [-0.2, -0.15) is 0 Å². The topological polar surface area (TPSA) is 71.0 Å². The molecule has 4 aromatic rings. The average molecular weight is 450 g/mol. The normalized spacial score (nSPS) is 16.4. The molecular formula is C23H20ClN5OS. The number of aromatic nitrogens is 3. The second kappa shape index (κ2) is 8.61. The molecule has 1 amide bonds. The van der Waals surface area contributed by atoms with E-state index in [2.05, 4.69) is 25.2 Å². The molecule has 1 aliphatic heterocycles. The van der Waals surface area contributed by atoms with Crippen molar-refractivity contribution in [2.45, 2.75) is 12.8 Å². The lowest BCUT2D eigenvalue weighted by Crippen LogP contribution is -2.41. The summed E-state index contributed by atoms with van der Waals surface area (Å²) in [4.78, 5) is 28.5. The summed E-state index contributed by atoms with van der Waals surface area (Å²) in [6.07, 6.45) is 3.36. The zero-order chi connectivity index (χ0) is 21.2. The first-order valence-electron chi connectivity index (χ1n) is 10.1. The molecule has 0 aliphatic carbocycles. The molecule has 2 aromatic heterocycles. The Labute approximate surface area is 188 Å². The number of nitrogens with zero attached hydrogens (tertiary/aromatic N) is 4. The molecule has 156 valence electrons. The second-order valence-electron chi connectivity index (χ2n) is 7.53. The molecule has 0 saturated carbocycles. The molecule has 6 nitrogen and oxygen atoms in total. The van der Waals surface area contributed by atoms with Crippen LogP contribution < -0.4 is 10.2 Å². The fraction of sp³-hybridized carbons (Fsp3) is 0.217. The third-order valence-electron chi connectivity index (χ3n) is 5.42. The quantitative estimate of drug-likeness (QED) is 0.460. The molecule has 8 heteroatoms. The van der Waals surface area contributed by atoms with Crippen molar-refractivity contribution in [2.24, 2.45) is 5.92 Å². The Morgan fingerprint density at radius 1 is 1.13 bits per heavy atom. The number of halogens is 1. The Morgan fingerprint density at radius 2 is 2.00 bits per heavy atom. The van der Waals surface area contributed by atoms with Gasteiger partial charge in [0.1, 0.15) is 12.1 Å². The number of hydrogen-bond acceptors (Lipinski definition) is 6. The van der Waals surface area contributed by atoms with Crippen LogP contribution in [0.1, 0.15) is 12.8 Å².